The predicted molar refractivity (Wildman–Crippen MR) is 83.7 cm³/mol. The Hall–Kier alpha value is -1.69. The Kier molecular flexibility index (Phi) is 6.55. The largest absolute Gasteiger partial charge is 0.480 e. The second-order valence-electron chi connectivity index (χ2n) is 5.28. The lowest BCUT2D eigenvalue weighted by atomic mass is 10.1. The summed E-state index contributed by atoms with van der Waals surface area (Å²) in [5, 5.41) is 12.5. The molecule has 1 amide bonds. The first kappa shape index (κ1) is 17.4. The number of carboxylic acid groups (broad SMARTS) is 1. The number of rotatable bonds is 7. The van der Waals surface area contributed by atoms with E-state index >= 15 is 0 Å². The molecule has 0 radical (unpaired) electrons. The van der Waals surface area contributed by atoms with Gasteiger partial charge in [0.2, 0.25) is 0 Å². The fraction of sp³-hybridized carbons (Fsp3) is 0.533. The van der Waals surface area contributed by atoms with Gasteiger partial charge >= 0.3 is 5.97 Å². The summed E-state index contributed by atoms with van der Waals surface area (Å²) in [6, 6.07) is -0.914. The zero-order valence-corrected chi connectivity index (χ0v) is 13.7. The van der Waals surface area contributed by atoms with Crippen LogP contribution in [0.25, 0.3) is 0 Å². The second-order valence-corrected chi connectivity index (χ2v) is 6.48. The highest BCUT2D eigenvalue weighted by Gasteiger charge is 2.23. The van der Waals surface area contributed by atoms with E-state index in [0.717, 1.165) is 10.7 Å². The Balaban J connectivity index is 2.89. The molecule has 1 unspecified atom stereocenters. The van der Waals surface area contributed by atoms with E-state index < -0.39 is 12.0 Å². The zero-order chi connectivity index (χ0) is 16.0. The molecule has 116 valence electrons. The number of aliphatic carboxylic acids is 1. The lowest BCUT2D eigenvalue weighted by Crippen LogP contribution is -2.40. The number of nitrogens with one attached hydrogen (secondary N) is 1. The van der Waals surface area contributed by atoms with Crippen LogP contribution in [0.2, 0.25) is 0 Å². The van der Waals surface area contributed by atoms with E-state index in [9.17, 15) is 9.59 Å². The predicted octanol–water partition coefficient (Wildman–Crippen LogP) is 2.80. The maximum absolute atomic E-state index is 12.3. The van der Waals surface area contributed by atoms with Crippen LogP contribution < -0.4 is 5.32 Å². The molecule has 1 heterocycles. The van der Waals surface area contributed by atoms with Crippen molar-refractivity contribution < 1.29 is 14.7 Å². The number of aryl methyl sites for hydroxylation is 1. The van der Waals surface area contributed by atoms with Crippen LogP contribution in [-0.2, 0) is 11.2 Å². The van der Waals surface area contributed by atoms with Gasteiger partial charge in [0.1, 0.15) is 10.9 Å². The molecule has 1 atom stereocenters. The zero-order valence-electron chi connectivity index (χ0n) is 12.8. The summed E-state index contributed by atoms with van der Waals surface area (Å²) in [6.07, 6.45) is 4.48. The molecule has 5 nitrogen and oxygen atoms in total. The van der Waals surface area contributed by atoms with E-state index in [2.05, 4.69) is 24.1 Å². The molecule has 1 aromatic heterocycles. The SMILES string of the molecule is C/C=C/CC(NC(=O)c1sc(C)nc1CC(C)C)C(=O)O. The van der Waals surface area contributed by atoms with Crippen LogP contribution in [-0.4, -0.2) is 28.0 Å². The average molecular weight is 310 g/mol. The summed E-state index contributed by atoms with van der Waals surface area (Å²) in [7, 11) is 0. The standard InChI is InChI=1S/C15H22N2O3S/c1-5-6-7-11(15(19)20)17-14(18)13-12(8-9(2)3)16-10(4)21-13/h5-6,9,11H,7-8H2,1-4H3,(H,17,18)(H,19,20)/b6-5+. The Morgan fingerprint density at radius 3 is 2.62 bits per heavy atom. The first-order valence-electron chi connectivity index (χ1n) is 6.96. The Bertz CT molecular complexity index is 535. The summed E-state index contributed by atoms with van der Waals surface area (Å²) < 4.78 is 0. The van der Waals surface area contributed by atoms with E-state index in [1.165, 1.54) is 11.3 Å². The molecule has 1 rings (SSSR count). The number of amides is 1. The summed E-state index contributed by atoms with van der Waals surface area (Å²) in [4.78, 5) is 28.4. The minimum Gasteiger partial charge on any atom is -0.480 e. The van der Waals surface area contributed by atoms with E-state index in [1.807, 2.05) is 13.8 Å². The average Bonchev–Trinajstić information content (AvgIpc) is 2.73. The van der Waals surface area contributed by atoms with Crippen LogP contribution in [0.3, 0.4) is 0 Å². The fourth-order valence-electron chi connectivity index (χ4n) is 1.89. The third-order valence-electron chi connectivity index (χ3n) is 2.82. The molecule has 0 aromatic carbocycles. The Labute approximate surface area is 129 Å². The van der Waals surface area contributed by atoms with E-state index in [-0.39, 0.29) is 12.3 Å². The van der Waals surface area contributed by atoms with Gasteiger partial charge in [-0.3, -0.25) is 4.79 Å². The molecule has 21 heavy (non-hydrogen) atoms. The molecule has 2 N–H and O–H groups in total. The molecule has 0 saturated carbocycles. The van der Waals surface area contributed by atoms with Gasteiger partial charge in [0, 0.05) is 0 Å². The maximum atomic E-state index is 12.3. The molecule has 0 fully saturated rings. The van der Waals surface area contributed by atoms with Gasteiger partial charge in [0.15, 0.2) is 0 Å². The van der Waals surface area contributed by atoms with Gasteiger partial charge < -0.3 is 10.4 Å². The molecular weight excluding hydrogens is 288 g/mol. The first-order valence-corrected chi connectivity index (χ1v) is 7.77. The summed E-state index contributed by atoms with van der Waals surface area (Å²) in [5.41, 5.74) is 0.750. The van der Waals surface area contributed by atoms with Crippen LogP contribution in [0.4, 0.5) is 0 Å². The molecule has 6 heteroatoms. The van der Waals surface area contributed by atoms with Gasteiger partial charge in [0.25, 0.3) is 5.91 Å². The molecule has 0 aliphatic rings. The van der Waals surface area contributed by atoms with Crippen molar-refractivity contribution in [1.29, 1.82) is 0 Å². The molecule has 0 aliphatic heterocycles. The second kappa shape index (κ2) is 7.93. The van der Waals surface area contributed by atoms with Gasteiger partial charge in [0.05, 0.1) is 10.7 Å². The van der Waals surface area contributed by atoms with E-state index in [0.29, 0.717) is 17.2 Å². The molecular formula is C15H22N2O3S. The minimum absolute atomic E-state index is 0.273. The van der Waals surface area contributed by atoms with Crippen molar-refractivity contribution in [3.8, 4) is 0 Å². The van der Waals surface area contributed by atoms with Crippen molar-refractivity contribution in [2.24, 2.45) is 5.92 Å². The number of carbonyl (C=O) groups is 2. The maximum Gasteiger partial charge on any atom is 0.326 e. The molecule has 0 aliphatic carbocycles. The Morgan fingerprint density at radius 2 is 2.10 bits per heavy atom. The topological polar surface area (TPSA) is 79.3 Å². The van der Waals surface area contributed by atoms with Gasteiger partial charge in [-0.1, -0.05) is 26.0 Å². The molecule has 0 spiro atoms. The first-order chi connectivity index (χ1) is 9.85. The lowest BCUT2D eigenvalue weighted by Gasteiger charge is -2.12. The number of nitrogens with zero attached hydrogens (tertiary/aromatic N) is 1. The number of aromatic nitrogens is 1. The number of allylic oxidation sites excluding steroid dienone is 1. The van der Waals surface area contributed by atoms with E-state index in [4.69, 9.17) is 5.11 Å². The van der Waals surface area contributed by atoms with Crippen molar-refractivity contribution in [3.63, 3.8) is 0 Å². The van der Waals surface area contributed by atoms with Crippen molar-refractivity contribution in [2.45, 2.75) is 46.6 Å². The van der Waals surface area contributed by atoms with Crippen molar-refractivity contribution in [1.82, 2.24) is 10.3 Å². The van der Waals surface area contributed by atoms with Gasteiger partial charge in [-0.25, -0.2) is 9.78 Å². The van der Waals surface area contributed by atoms with Crippen molar-refractivity contribution in [3.05, 3.63) is 27.7 Å². The van der Waals surface area contributed by atoms with Crippen LogP contribution in [0, 0.1) is 12.8 Å². The monoisotopic (exact) mass is 310 g/mol. The third kappa shape index (κ3) is 5.30. The van der Waals surface area contributed by atoms with Gasteiger partial charge in [-0.05, 0) is 32.6 Å². The number of hydrogen-bond donors (Lipinski definition) is 2. The highest BCUT2D eigenvalue weighted by molar-refractivity contribution is 7.13. The lowest BCUT2D eigenvalue weighted by molar-refractivity contribution is -0.139. The van der Waals surface area contributed by atoms with Gasteiger partial charge in [-0.2, -0.15) is 0 Å². The van der Waals surface area contributed by atoms with Crippen molar-refractivity contribution >= 4 is 23.2 Å². The van der Waals surface area contributed by atoms with Crippen LogP contribution in [0.15, 0.2) is 12.2 Å². The number of thiazole rings is 1. The highest BCUT2D eigenvalue weighted by atomic mass is 32.1. The number of carboxylic acids is 1. The Morgan fingerprint density at radius 1 is 1.43 bits per heavy atom. The highest BCUT2D eigenvalue weighted by Crippen LogP contribution is 2.21. The quantitative estimate of drug-likeness (QED) is 0.759. The van der Waals surface area contributed by atoms with E-state index in [1.54, 1.807) is 12.2 Å². The van der Waals surface area contributed by atoms with Gasteiger partial charge in [-0.15, -0.1) is 11.3 Å². The normalized spacial score (nSPS) is 12.8. The summed E-state index contributed by atoms with van der Waals surface area (Å²) in [5.74, 6) is -1.00. The fourth-order valence-corrected chi connectivity index (χ4v) is 2.74. The smallest absolute Gasteiger partial charge is 0.326 e. The molecule has 1 aromatic rings. The molecule has 0 bridgehead atoms. The van der Waals surface area contributed by atoms with Crippen LogP contribution in [0.1, 0.15) is 47.6 Å². The van der Waals surface area contributed by atoms with Crippen molar-refractivity contribution in [2.75, 3.05) is 0 Å². The molecule has 0 saturated heterocycles. The summed E-state index contributed by atoms with van der Waals surface area (Å²) >= 11 is 1.31. The number of carbonyl (C=O) groups excluding carboxylic acids is 1. The third-order valence-corrected chi connectivity index (χ3v) is 3.83. The minimum atomic E-state index is -1.03. The van der Waals surface area contributed by atoms with Crippen LogP contribution >= 0.6 is 11.3 Å². The summed E-state index contributed by atoms with van der Waals surface area (Å²) in [6.45, 7) is 7.78. The number of hydrogen-bond acceptors (Lipinski definition) is 4. The van der Waals surface area contributed by atoms with Crippen LogP contribution in [0.5, 0.6) is 0 Å².